The number of aliphatic imine (C=N–C) groups is 2. The second-order valence-corrected chi connectivity index (χ2v) is 29.1. The fourth-order valence-electron chi connectivity index (χ4n) is 7.72. The number of aliphatic hydroxyl groups is 4. The quantitative estimate of drug-likeness (QED) is 0.00571. The van der Waals surface area contributed by atoms with Crippen LogP contribution in [0.25, 0.3) is 21.4 Å². The number of carbonyl (C=O) groups is 5. The van der Waals surface area contributed by atoms with Crippen molar-refractivity contribution in [3.8, 4) is 21.4 Å². The van der Waals surface area contributed by atoms with Crippen LogP contribution >= 0.6 is 68.5 Å². The molecule has 0 aromatic carbocycles. The summed E-state index contributed by atoms with van der Waals surface area (Å²) < 4.78 is 25.3. The normalized spacial score (nSPS) is 14.6. The fourth-order valence-corrected chi connectivity index (χ4v) is 10.3. The highest BCUT2D eigenvalue weighted by Crippen LogP contribution is 2.27. The largest absolute Gasteiger partial charge is 0.479 e. The van der Waals surface area contributed by atoms with Crippen molar-refractivity contribution in [3.63, 3.8) is 0 Å². The first kappa shape index (κ1) is 92.3. The molecule has 8 atom stereocenters. The van der Waals surface area contributed by atoms with Gasteiger partial charge >= 0.3 is 30.2 Å². The molecule has 1 fully saturated rings. The molecule has 6 aromatic rings. The molecule has 1 saturated carbocycles. The van der Waals surface area contributed by atoms with Crippen molar-refractivity contribution in [3.05, 3.63) is 91.6 Å². The summed E-state index contributed by atoms with van der Waals surface area (Å²) in [5.41, 5.74) is 14.7. The molecule has 0 bridgehead atoms. The molecule has 37 heteroatoms. The number of oxime groups is 2. The lowest BCUT2D eigenvalue weighted by Crippen LogP contribution is -2.48. The second-order valence-electron chi connectivity index (χ2n) is 24.5. The van der Waals surface area contributed by atoms with Crippen LogP contribution in [0.4, 0.5) is 14.4 Å². The molecule has 3 amide bonds. The van der Waals surface area contributed by atoms with E-state index in [2.05, 4.69) is 67.4 Å². The van der Waals surface area contributed by atoms with Crippen molar-refractivity contribution >= 4 is 116 Å². The predicted molar refractivity (Wildman–Crippen MR) is 395 cm³/mol. The molecule has 570 valence electrons. The van der Waals surface area contributed by atoms with E-state index < -0.39 is 89.6 Å². The Balaban J connectivity index is 0.000000623. The monoisotopic (exact) mass is 1550 g/mol. The number of nitrogens with two attached hydrogens (primary N) is 3. The summed E-state index contributed by atoms with van der Waals surface area (Å²) in [6.45, 7) is 25.4. The molecule has 6 aromatic heterocycles. The molecule has 15 N–H and O–H groups in total. The van der Waals surface area contributed by atoms with Crippen LogP contribution in [0, 0.1) is 0 Å². The van der Waals surface area contributed by atoms with Gasteiger partial charge in [-0.1, -0.05) is 91.8 Å². The average Bonchev–Trinajstić information content (AvgIpc) is 1.70. The number of ether oxygens (including phenoxy) is 3. The number of aliphatic hydroxyl groups excluding tert-OH is 4. The summed E-state index contributed by atoms with van der Waals surface area (Å²) in [6, 6.07) is 15.3. The van der Waals surface area contributed by atoms with Gasteiger partial charge in [0.15, 0.2) is 30.0 Å². The van der Waals surface area contributed by atoms with E-state index in [4.69, 9.17) is 74.0 Å². The van der Waals surface area contributed by atoms with E-state index in [0.29, 0.717) is 48.3 Å². The van der Waals surface area contributed by atoms with E-state index in [0.717, 1.165) is 21.2 Å². The predicted octanol–water partition coefficient (Wildman–Crippen LogP) is 11.8. The summed E-state index contributed by atoms with van der Waals surface area (Å²) in [5.74, 6) is -1.04. The first-order valence-electron chi connectivity index (χ1n) is 32.3. The smallest absolute Gasteiger partial charge is 0.407 e. The van der Waals surface area contributed by atoms with Gasteiger partial charge in [0.05, 0.1) is 55.0 Å². The Morgan fingerprint density at radius 2 is 1.02 bits per heavy atom. The number of amides is 3. The molecule has 0 radical (unpaired) electrons. The zero-order chi connectivity index (χ0) is 77.2. The van der Waals surface area contributed by atoms with Crippen LogP contribution in [0.3, 0.4) is 0 Å². The third kappa shape index (κ3) is 38.6. The standard InChI is InChI=1S/C15H23N3O5S.C15H21N3O4S.C10H13N3O2S.C10H19NO5.C9H16N2.C5H6N2OS.CH2Cl2/c1-5-9(17-14(21)22-15(2,3)4)11(19)13(20)23-18-12(16)10-7-6-8-24-10;1-5-9(16-14(20)21-15(2,3)4)11(19)13-17-12(18-22-13)10-7-6-8-23-10;1-2-6(11)8(14)10-12-9(13-15-10)7-4-3-5-16-7;1-5-6(7(12)8(13)14)11-9(15)16-10(2,3)4;1-2-10-8-11-9-6-4-3-5-7-9;6-5(7-8)4-2-1-3-9-4;2-1-3/h6-9,11,19H,5H2,1-4H3,(H2,16,18)(H,17,21);6-9,11,19H,5H2,1-4H3,(H,16,20);3-6,8,14H,2,11H2,1H3;6-7,12H,5H2,1-4H3,(H,11,15)(H,13,14);9H,2-7H2,1H3;1-3,8H,(H2,6,7);1H2/t2*9-,11?;6-,8?;6-,7?;;;/m0000.../s1. The maximum atomic E-state index is 11.9. The highest BCUT2D eigenvalue weighted by Gasteiger charge is 2.32. The molecule has 6 heterocycles. The minimum absolute atomic E-state index is 0.0266. The van der Waals surface area contributed by atoms with Crippen molar-refractivity contribution in [1.29, 1.82) is 0 Å². The first-order valence-corrected chi connectivity index (χ1v) is 36.9. The number of halogens is 2. The number of amidine groups is 2. The number of hydrogen-bond donors (Lipinski definition) is 12. The Bertz CT molecular complexity index is 3400. The number of nitrogens with one attached hydrogen (secondary N) is 3. The van der Waals surface area contributed by atoms with Crippen molar-refractivity contribution in [2.45, 2.75) is 226 Å². The number of rotatable bonds is 22. The summed E-state index contributed by atoms with van der Waals surface area (Å²) in [6.07, 6.45) is 0.976. The van der Waals surface area contributed by atoms with Crippen molar-refractivity contribution < 1.29 is 82.8 Å². The van der Waals surface area contributed by atoms with Gasteiger partial charge in [-0.2, -0.15) is 9.97 Å². The van der Waals surface area contributed by atoms with E-state index in [1.54, 1.807) is 99.7 Å². The van der Waals surface area contributed by atoms with Crippen molar-refractivity contribution in [2.75, 3.05) is 11.9 Å². The van der Waals surface area contributed by atoms with Crippen molar-refractivity contribution in [1.82, 2.24) is 36.2 Å². The molecule has 4 unspecified atom stereocenters. The lowest BCUT2D eigenvalue weighted by Gasteiger charge is -2.24. The average molecular weight is 1550 g/mol. The van der Waals surface area contributed by atoms with Gasteiger partial charge in [-0.15, -0.1) is 68.5 Å². The molecular weight excluding hydrogens is 1450 g/mol. The Morgan fingerprint density at radius 1 is 0.618 bits per heavy atom. The fraction of sp³-hybridized carbons (Fsp3) is 0.569. The molecule has 31 nitrogen and oxygen atoms in total. The first-order chi connectivity index (χ1) is 48.0. The number of carbonyl (C=O) groups excluding carboxylic acids is 4. The van der Waals surface area contributed by atoms with Gasteiger partial charge in [0.2, 0.25) is 11.6 Å². The van der Waals surface area contributed by atoms with Gasteiger partial charge in [-0.25, -0.2) is 34.0 Å². The number of alkyl carbamates (subject to hydrolysis) is 3. The van der Waals surface area contributed by atoms with E-state index in [1.807, 2.05) is 67.2 Å². The van der Waals surface area contributed by atoms with Gasteiger partial charge in [0, 0.05) is 12.6 Å². The summed E-state index contributed by atoms with van der Waals surface area (Å²) in [5, 5.41) is 85.3. The molecule has 0 aliphatic heterocycles. The summed E-state index contributed by atoms with van der Waals surface area (Å²) in [7, 11) is 0. The summed E-state index contributed by atoms with van der Waals surface area (Å²) in [4.78, 5) is 81.6. The van der Waals surface area contributed by atoms with Crippen LogP contribution in [0.2, 0.25) is 0 Å². The number of nitrogens with zero attached hydrogens (tertiary/aromatic N) is 8. The molecule has 102 heavy (non-hydrogen) atoms. The third-order valence-electron chi connectivity index (χ3n) is 12.7. The van der Waals surface area contributed by atoms with Gasteiger partial charge < -0.3 is 92.0 Å². The molecule has 1 aliphatic rings. The molecule has 0 saturated heterocycles. The summed E-state index contributed by atoms with van der Waals surface area (Å²) >= 11 is 15.3. The minimum Gasteiger partial charge on any atom is -0.479 e. The van der Waals surface area contributed by atoms with Gasteiger partial charge in [0.1, 0.15) is 22.9 Å². The lowest BCUT2D eigenvalue weighted by atomic mass is 9.96. The number of hydrogen-bond acceptors (Lipinski definition) is 29. The topological polar surface area (TPSA) is 485 Å². The van der Waals surface area contributed by atoms with E-state index in [9.17, 15) is 44.4 Å². The Labute approximate surface area is 620 Å². The van der Waals surface area contributed by atoms with Gasteiger partial charge in [-0.3, -0.25) is 0 Å². The third-order valence-corrected chi connectivity index (χ3v) is 16.3. The van der Waals surface area contributed by atoms with Crippen LogP contribution in [0.1, 0.15) is 188 Å². The number of carboxylic acid groups (broad SMARTS) is 1. The number of carboxylic acids is 1. The Hall–Kier alpha value is -7.67. The van der Waals surface area contributed by atoms with Crippen LogP contribution in [-0.4, -0.2) is 170 Å². The number of thiophene rings is 4. The maximum Gasteiger partial charge on any atom is 0.407 e. The van der Waals surface area contributed by atoms with Crippen LogP contribution in [0.15, 0.2) is 99.4 Å². The number of alkyl halides is 2. The van der Waals surface area contributed by atoms with Crippen LogP contribution < -0.4 is 33.2 Å². The second kappa shape index (κ2) is 49.1. The highest BCUT2D eigenvalue weighted by molar-refractivity contribution is 7.14. The molecule has 7 rings (SSSR count). The zero-order valence-electron chi connectivity index (χ0n) is 59.8. The van der Waals surface area contributed by atoms with Crippen molar-refractivity contribution in [2.24, 2.45) is 37.5 Å². The van der Waals surface area contributed by atoms with Crippen LogP contribution in [0.5, 0.6) is 0 Å². The van der Waals surface area contributed by atoms with Gasteiger partial charge in [-0.05, 0) is 154 Å². The van der Waals surface area contributed by atoms with E-state index >= 15 is 0 Å². The Kier molecular flexibility index (Phi) is 44.4. The Morgan fingerprint density at radius 3 is 1.38 bits per heavy atom. The molecule has 0 spiro atoms. The van der Waals surface area contributed by atoms with E-state index in [-0.39, 0.29) is 34.8 Å². The number of aliphatic carboxylic acids is 1. The van der Waals surface area contributed by atoms with E-state index in [1.165, 1.54) is 77.5 Å². The number of aromatic nitrogens is 4. The highest BCUT2D eigenvalue weighted by atomic mass is 35.5. The zero-order valence-corrected chi connectivity index (χ0v) is 64.6. The molecule has 1 aliphatic carbocycles. The van der Waals surface area contributed by atoms with Crippen LogP contribution in [-0.2, 0) is 28.6 Å². The SMILES string of the molecule is CCN=C=NC1CCCCC1.CC[C@H](N)C(O)c1nc(-c2cccs2)no1.CC[C@H](NC(=O)OC(C)(C)C)C(O)C(=O)O.CC[C@H](NC(=O)OC(C)(C)C)C(O)C(=O)O/N=C(\N)c1cccs1.CC[C@H](NC(=O)OC(C)(C)C)C(O)c1nc(-c2cccs2)no1.ClCCl.N/C(=N\O)c1cccs1. The van der Waals surface area contributed by atoms with Gasteiger partial charge in [0.25, 0.3) is 11.8 Å². The maximum absolute atomic E-state index is 11.9. The molecular formula is C65H100Cl2N14O17S4. The lowest BCUT2D eigenvalue weighted by molar-refractivity contribution is -0.155. The minimum atomic E-state index is -1.63.